The van der Waals surface area contributed by atoms with Crippen molar-refractivity contribution in [3.63, 3.8) is 0 Å². The van der Waals surface area contributed by atoms with E-state index in [9.17, 15) is 9.59 Å². The number of rotatable bonds is 8. The van der Waals surface area contributed by atoms with Crippen LogP contribution in [0.3, 0.4) is 0 Å². The number of carbonyl (C=O) groups excluding carboxylic acids is 2. The van der Waals surface area contributed by atoms with Crippen molar-refractivity contribution in [2.24, 2.45) is 5.16 Å². The van der Waals surface area contributed by atoms with E-state index in [4.69, 9.17) is 21.2 Å². The molecule has 0 radical (unpaired) electrons. The van der Waals surface area contributed by atoms with Crippen LogP contribution in [0.25, 0.3) is 6.08 Å². The second-order valence-electron chi connectivity index (χ2n) is 7.68. The first-order chi connectivity index (χ1) is 17.0. The highest BCUT2D eigenvalue weighted by Crippen LogP contribution is 2.31. The summed E-state index contributed by atoms with van der Waals surface area (Å²) in [6.07, 6.45) is 1.57. The van der Waals surface area contributed by atoms with Crippen LogP contribution in [0.1, 0.15) is 23.6 Å². The number of esters is 1. The molecule has 1 heterocycles. The standard InChI is InChI=1S/C28H23ClN2O4/c1-3-34-28(33)24(17-20-13-15-22(29)16-14-20)19(2)35-30-26-23-11-7-8-12-25(23)31(27(26)32)18-21-9-5-4-6-10-21/h4-17H,2-3,18H2,1H3/b24-17+,30-26+. The highest BCUT2D eigenvalue weighted by molar-refractivity contribution is 6.54. The molecule has 0 N–H and O–H groups in total. The van der Waals surface area contributed by atoms with Gasteiger partial charge in [-0.05, 0) is 42.3 Å². The van der Waals surface area contributed by atoms with Gasteiger partial charge in [0.1, 0.15) is 5.57 Å². The number of hydrogen-bond donors (Lipinski definition) is 0. The van der Waals surface area contributed by atoms with E-state index in [1.807, 2.05) is 48.5 Å². The number of fused-ring (bicyclic) bond motifs is 1. The van der Waals surface area contributed by atoms with Crippen LogP contribution in [-0.4, -0.2) is 24.2 Å². The molecular weight excluding hydrogens is 464 g/mol. The molecule has 176 valence electrons. The highest BCUT2D eigenvalue weighted by Gasteiger charge is 2.34. The molecule has 35 heavy (non-hydrogen) atoms. The maximum atomic E-state index is 13.3. The Bertz CT molecular complexity index is 1310. The number of anilines is 1. The van der Waals surface area contributed by atoms with Crippen molar-refractivity contribution >= 4 is 41.0 Å². The highest BCUT2D eigenvalue weighted by atomic mass is 35.5. The van der Waals surface area contributed by atoms with Crippen molar-refractivity contribution in [1.29, 1.82) is 0 Å². The molecule has 1 aliphatic rings. The lowest BCUT2D eigenvalue weighted by Gasteiger charge is -2.16. The molecule has 0 bridgehead atoms. The summed E-state index contributed by atoms with van der Waals surface area (Å²) in [4.78, 5) is 33.0. The summed E-state index contributed by atoms with van der Waals surface area (Å²) in [7, 11) is 0. The Morgan fingerprint density at radius 2 is 1.71 bits per heavy atom. The van der Waals surface area contributed by atoms with Gasteiger partial charge in [-0.2, -0.15) is 0 Å². The van der Waals surface area contributed by atoms with Gasteiger partial charge in [0.05, 0.1) is 18.8 Å². The van der Waals surface area contributed by atoms with E-state index in [-0.39, 0.29) is 29.6 Å². The number of hydrogen-bond acceptors (Lipinski definition) is 5. The molecule has 0 saturated carbocycles. The number of halogens is 1. The zero-order valence-electron chi connectivity index (χ0n) is 19.1. The molecule has 0 aromatic heterocycles. The largest absolute Gasteiger partial charge is 0.462 e. The SMILES string of the molecule is C=C(O/N=C1/C(=O)N(Cc2ccccc2)c2ccccc21)/C(=C\c1ccc(Cl)cc1)C(=O)OCC. The Hall–Kier alpha value is -4.16. The number of ether oxygens (including phenoxy) is 1. The van der Waals surface area contributed by atoms with Gasteiger partial charge in [0.2, 0.25) is 0 Å². The molecule has 0 unspecified atom stereocenters. The van der Waals surface area contributed by atoms with Crippen LogP contribution in [-0.2, 0) is 25.7 Å². The minimum Gasteiger partial charge on any atom is -0.462 e. The molecule has 1 aliphatic heterocycles. The monoisotopic (exact) mass is 486 g/mol. The van der Waals surface area contributed by atoms with Gasteiger partial charge in [-0.3, -0.25) is 4.79 Å². The predicted molar refractivity (Wildman–Crippen MR) is 137 cm³/mol. The van der Waals surface area contributed by atoms with Crippen LogP contribution in [0, 0.1) is 0 Å². The first kappa shape index (κ1) is 24.0. The lowest BCUT2D eigenvalue weighted by Crippen LogP contribution is -2.29. The molecular formula is C28H23ClN2O4. The fourth-order valence-corrected chi connectivity index (χ4v) is 3.74. The van der Waals surface area contributed by atoms with Crippen molar-refractivity contribution in [3.8, 4) is 0 Å². The number of oxime groups is 1. The lowest BCUT2D eigenvalue weighted by molar-refractivity contribution is -0.138. The van der Waals surface area contributed by atoms with Gasteiger partial charge in [0.15, 0.2) is 11.5 Å². The van der Waals surface area contributed by atoms with Gasteiger partial charge in [-0.25, -0.2) is 4.79 Å². The van der Waals surface area contributed by atoms with Gasteiger partial charge in [0.25, 0.3) is 5.91 Å². The molecule has 1 amide bonds. The minimum absolute atomic E-state index is 0.0438. The summed E-state index contributed by atoms with van der Waals surface area (Å²) >= 11 is 5.95. The Kier molecular flexibility index (Phi) is 7.43. The Morgan fingerprint density at radius 1 is 1.03 bits per heavy atom. The van der Waals surface area contributed by atoms with Crippen LogP contribution in [0.15, 0.2) is 102 Å². The van der Waals surface area contributed by atoms with E-state index < -0.39 is 5.97 Å². The van der Waals surface area contributed by atoms with Crippen molar-refractivity contribution in [1.82, 2.24) is 0 Å². The molecule has 6 nitrogen and oxygen atoms in total. The van der Waals surface area contributed by atoms with Gasteiger partial charge >= 0.3 is 5.97 Å². The maximum absolute atomic E-state index is 13.3. The van der Waals surface area contributed by atoms with E-state index in [2.05, 4.69) is 11.7 Å². The van der Waals surface area contributed by atoms with Gasteiger partial charge in [-0.1, -0.05) is 84.0 Å². The average Bonchev–Trinajstić information content (AvgIpc) is 3.13. The summed E-state index contributed by atoms with van der Waals surface area (Å²) in [6, 6.07) is 23.9. The van der Waals surface area contributed by atoms with Crippen LogP contribution in [0.4, 0.5) is 5.69 Å². The average molecular weight is 487 g/mol. The van der Waals surface area contributed by atoms with Gasteiger partial charge < -0.3 is 14.5 Å². The number of carbonyl (C=O) groups is 2. The third kappa shape index (κ3) is 5.50. The van der Waals surface area contributed by atoms with Crippen LogP contribution in [0.2, 0.25) is 5.02 Å². The summed E-state index contributed by atoms with van der Waals surface area (Å²) in [6.45, 7) is 6.13. The van der Waals surface area contributed by atoms with Crippen LogP contribution >= 0.6 is 11.6 Å². The number of nitrogens with zero attached hydrogens (tertiary/aromatic N) is 2. The smallest absolute Gasteiger partial charge is 0.342 e. The molecule has 0 spiro atoms. The minimum atomic E-state index is -0.614. The number of benzene rings is 3. The van der Waals surface area contributed by atoms with E-state index in [1.165, 1.54) is 0 Å². The second-order valence-corrected chi connectivity index (χ2v) is 8.11. The zero-order valence-corrected chi connectivity index (χ0v) is 19.9. The Morgan fingerprint density at radius 3 is 2.43 bits per heavy atom. The quantitative estimate of drug-likeness (QED) is 0.133. The molecule has 0 atom stereocenters. The topological polar surface area (TPSA) is 68.2 Å². The summed E-state index contributed by atoms with van der Waals surface area (Å²) in [5.74, 6) is -0.962. The Balaban J connectivity index is 1.61. The summed E-state index contributed by atoms with van der Waals surface area (Å²) in [5, 5.41) is 4.68. The molecule has 0 fully saturated rings. The normalized spacial score (nSPS) is 14.1. The number of amides is 1. The molecule has 0 saturated heterocycles. The molecule has 3 aromatic rings. The second kappa shape index (κ2) is 10.8. The van der Waals surface area contributed by atoms with E-state index in [0.29, 0.717) is 22.7 Å². The van der Waals surface area contributed by atoms with Crippen molar-refractivity contribution < 1.29 is 19.2 Å². The number of para-hydroxylation sites is 1. The van der Waals surface area contributed by atoms with Crippen molar-refractivity contribution in [2.75, 3.05) is 11.5 Å². The van der Waals surface area contributed by atoms with Crippen LogP contribution in [0.5, 0.6) is 0 Å². The third-order valence-electron chi connectivity index (χ3n) is 5.31. The van der Waals surface area contributed by atoms with Crippen molar-refractivity contribution in [2.45, 2.75) is 13.5 Å². The first-order valence-corrected chi connectivity index (χ1v) is 11.4. The summed E-state index contributed by atoms with van der Waals surface area (Å²) in [5.41, 5.74) is 3.27. The fraction of sp³-hybridized carbons (Fsp3) is 0.107. The zero-order chi connectivity index (χ0) is 24.8. The first-order valence-electron chi connectivity index (χ1n) is 11.0. The molecule has 7 heteroatoms. The third-order valence-corrected chi connectivity index (χ3v) is 5.56. The molecule has 4 rings (SSSR count). The van der Waals surface area contributed by atoms with Gasteiger partial charge in [0, 0.05) is 10.6 Å². The predicted octanol–water partition coefficient (Wildman–Crippen LogP) is 5.77. The fourth-order valence-electron chi connectivity index (χ4n) is 3.61. The maximum Gasteiger partial charge on any atom is 0.342 e. The van der Waals surface area contributed by atoms with Crippen LogP contribution < -0.4 is 4.90 Å². The molecule has 0 aliphatic carbocycles. The lowest BCUT2D eigenvalue weighted by atomic mass is 10.1. The Labute approximate surface area is 208 Å². The van der Waals surface area contributed by atoms with E-state index >= 15 is 0 Å². The van der Waals surface area contributed by atoms with E-state index in [1.54, 1.807) is 48.2 Å². The molecule has 3 aromatic carbocycles. The summed E-state index contributed by atoms with van der Waals surface area (Å²) < 4.78 is 5.16. The van der Waals surface area contributed by atoms with Crippen molar-refractivity contribution in [3.05, 3.63) is 118 Å². The van der Waals surface area contributed by atoms with E-state index in [0.717, 1.165) is 11.3 Å². The van der Waals surface area contributed by atoms with Gasteiger partial charge in [-0.15, -0.1) is 0 Å².